The Balaban J connectivity index is 2.60. The van der Waals surface area contributed by atoms with Gasteiger partial charge in [-0.25, -0.2) is 4.31 Å². The van der Waals surface area contributed by atoms with Crippen molar-refractivity contribution in [3.63, 3.8) is 0 Å². The van der Waals surface area contributed by atoms with E-state index in [1.165, 1.54) is 6.92 Å². The van der Waals surface area contributed by atoms with Crippen LogP contribution in [0, 0.1) is 0 Å². The Hall–Kier alpha value is -2.29. The normalized spacial score (nSPS) is 22.2. The molecule has 1 unspecified atom stereocenters. The lowest BCUT2D eigenvalue weighted by atomic mass is 10.1. The molecule has 1 heterocycles. The van der Waals surface area contributed by atoms with Crippen molar-refractivity contribution < 1.29 is 42.0 Å². The maximum atomic E-state index is 12.1. The number of β-lactam (4-membered cyclic amide) rings is 1. The molecule has 3 atom stereocenters. The van der Waals surface area contributed by atoms with Crippen molar-refractivity contribution in [2.75, 3.05) is 13.7 Å². The lowest BCUT2D eigenvalue weighted by Crippen LogP contribution is -2.76. The molecule has 3 amide bonds. The van der Waals surface area contributed by atoms with Crippen LogP contribution >= 0.6 is 0 Å². The molecule has 14 heteroatoms. The standard InChI is InChI=1S/C12H20N4O9S/c1-6(14-8(17)4-3-7(13)10(19)20)9(18)15-12(25-2)5-16(11(12)21)26(22,23)24/h6-7H,3-5,13H2,1-2H3,(H,14,17)(H,15,18)(H,19,20)(H,22,23,24)/t6-,7-,12?/m1/s1. The number of nitrogens with two attached hydrogens (primary N) is 1. The van der Waals surface area contributed by atoms with Crippen LogP contribution in [-0.4, -0.2) is 77.5 Å². The van der Waals surface area contributed by atoms with Crippen molar-refractivity contribution >= 4 is 34.0 Å². The molecule has 1 rings (SSSR count). The summed E-state index contributed by atoms with van der Waals surface area (Å²) in [5, 5.41) is 13.1. The predicted molar refractivity (Wildman–Crippen MR) is 83.6 cm³/mol. The smallest absolute Gasteiger partial charge is 0.362 e. The average molecular weight is 396 g/mol. The zero-order valence-corrected chi connectivity index (χ0v) is 14.8. The van der Waals surface area contributed by atoms with Crippen molar-refractivity contribution in [3.8, 4) is 0 Å². The van der Waals surface area contributed by atoms with E-state index in [0.717, 1.165) is 7.11 Å². The fourth-order valence-corrected chi connectivity index (χ4v) is 2.73. The molecule has 13 nitrogen and oxygen atoms in total. The summed E-state index contributed by atoms with van der Waals surface area (Å²) in [6.07, 6.45) is -0.380. The third-order valence-electron chi connectivity index (χ3n) is 3.66. The number of hydrogen-bond acceptors (Lipinski definition) is 8. The SMILES string of the molecule is COC1(NC(=O)[C@@H](C)NC(=O)CC[C@@H](N)C(=O)O)CN(S(=O)(=O)O)C1=O. The molecular formula is C12H20N4O9S. The van der Waals surface area contributed by atoms with Crippen molar-refractivity contribution in [1.29, 1.82) is 0 Å². The fourth-order valence-electron chi connectivity index (χ4n) is 2.03. The number of carboxylic acid groups (broad SMARTS) is 1. The third-order valence-corrected chi connectivity index (χ3v) is 4.51. The van der Waals surface area contributed by atoms with Gasteiger partial charge in [-0.05, 0) is 13.3 Å². The van der Waals surface area contributed by atoms with Crippen LogP contribution in [0.5, 0.6) is 0 Å². The topological polar surface area (TPSA) is 205 Å². The second kappa shape index (κ2) is 7.94. The number of rotatable bonds is 9. The van der Waals surface area contributed by atoms with Crippen molar-refractivity contribution in [1.82, 2.24) is 14.9 Å². The lowest BCUT2D eigenvalue weighted by Gasteiger charge is -2.45. The summed E-state index contributed by atoms with van der Waals surface area (Å²) in [5.74, 6) is -3.96. The monoisotopic (exact) mass is 396 g/mol. The summed E-state index contributed by atoms with van der Waals surface area (Å²) in [6.45, 7) is 0.651. The van der Waals surface area contributed by atoms with Crippen LogP contribution in [0.25, 0.3) is 0 Å². The summed E-state index contributed by atoms with van der Waals surface area (Å²) in [4.78, 5) is 46.2. The highest BCUT2D eigenvalue weighted by Gasteiger charge is 2.58. The molecule has 1 saturated heterocycles. The highest BCUT2D eigenvalue weighted by molar-refractivity contribution is 7.84. The van der Waals surface area contributed by atoms with Gasteiger partial charge in [0.15, 0.2) is 0 Å². The third kappa shape index (κ3) is 4.87. The summed E-state index contributed by atoms with van der Waals surface area (Å²) in [6, 6.07) is -2.36. The molecule has 0 aromatic heterocycles. The van der Waals surface area contributed by atoms with Gasteiger partial charge in [-0.3, -0.25) is 23.7 Å². The van der Waals surface area contributed by atoms with Crippen LogP contribution in [0.1, 0.15) is 19.8 Å². The van der Waals surface area contributed by atoms with Gasteiger partial charge in [0.25, 0.3) is 5.91 Å². The van der Waals surface area contributed by atoms with Crippen molar-refractivity contribution in [2.24, 2.45) is 5.73 Å². The molecule has 1 aliphatic rings. The van der Waals surface area contributed by atoms with E-state index in [1.54, 1.807) is 0 Å². The Bertz CT molecular complexity index is 709. The van der Waals surface area contributed by atoms with Crippen LogP contribution in [0.4, 0.5) is 0 Å². The molecule has 0 radical (unpaired) electrons. The van der Waals surface area contributed by atoms with Gasteiger partial charge in [-0.1, -0.05) is 0 Å². The highest BCUT2D eigenvalue weighted by atomic mass is 32.2. The first kappa shape index (κ1) is 21.8. The number of hydrogen-bond donors (Lipinski definition) is 5. The quantitative estimate of drug-likeness (QED) is 0.150. The number of amides is 3. The Morgan fingerprint density at radius 2 is 2.00 bits per heavy atom. The van der Waals surface area contributed by atoms with Crippen LogP contribution < -0.4 is 16.4 Å². The summed E-state index contributed by atoms with van der Waals surface area (Å²) in [7, 11) is -3.72. The highest BCUT2D eigenvalue weighted by Crippen LogP contribution is 2.26. The lowest BCUT2D eigenvalue weighted by molar-refractivity contribution is -0.180. The molecule has 6 N–H and O–H groups in total. The van der Waals surface area contributed by atoms with Gasteiger partial charge in [-0.15, -0.1) is 0 Å². The van der Waals surface area contributed by atoms with Crippen molar-refractivity contribution in [2.45, 2.75) is 37.6 Å². The minimum absolute atomic E-state index is 0.104. The number of carbonyl (C=O) groups is 4. The van der Waals surface area contributed by atoms with Crippen LogP contribution in [-0.2, 0) is 34.2 Å². The Kier molecular flexibility index (Phi) is 6.65. The van der Waals surface area contributed by atoms with Crippen LogP contribution in [0.2, 0.25) is 0 Å². The van der Waals surface area contributed by atoms with Gasteiger partial charge in [0.2, 0.25) is 17.5 Å². The number of nitrogens with one attached hydrogen (secondary N) is 2. The maximum absolute atomic E-state index is 12.1. The first-order chi connectivity index (χ1) is 11.8. The maximum Gasteiger partial charge on any atom is 0.362 e. The van der Waals surface area contributed by atoms with Gasteiger partial charge >= 0.3 is 16.3 Å². The zero-order chi connectivity index (χ0) is 20.3. The van der Waals surface area contributed by atoms with E-state index in [-0.39, 0.29) is 17.1 Å². The Morgan fingerprint density at radius 1 is 1.42 bits per heavy atom. The molecule has 0 saturated carbocycles. The molecule has 0 bridgehead atoms. The Morgan fingerprint density at radius 3 is 2.42 bits per heavy atom. The summed E-state index contributed by atoms with van der Waals surface area (Å²) >= 11 is 0. The Labute approximate surface area is 148 Å². The van der Waals surface area contributed by atoms with E-state index in [9.17, 15) is 27.6 Å². The fraction of sp³-hybridized carbons (Fsp3) is 0.667. The number of aliphatic carboxylic acids is 1. The molecule has 1 aliphatic heterocycles. The first-order valence-electron chi connectivity index (χ1n) is 7.28. The minimum Gasteiger partial charge on any atom is -0.480 e. The largest absolute Gasteiger partial charge is 0.480 e. The van der Waals surface area contributed by atoms with Gasteiger partial charge in [0, 0.05) is 13.5 Å². The predicted octanol–water partition coefficient (Wildman–Crippen LogP) is -3.21. The number of methoxy groups -OCH3 is 1. The van der Waals surface area contributed by atoms with E-state index in [0.29, 0.717) is 0 Å². The first-order valence-corrected chi connectivity index (χ1v) is 8.68. The van der Waals surface area contributed by atoms with E-state index < -0.39 is 58.3 Å². The van der Waals surface area contributed by atoms with Crippen LogP contribution in [0.3, 0.4) is 0 Å². The molecule has 0 aliphatic carbocycles. The van der Waals surface area contributed by atoms with E-state index >= 15 is 0 Å². The van der Waals surface area contributed by atoms with Crippen LogP contribution in [0.15, 0.2) is 0 Å². The molecule has 0 aromatic rings. The summed E-state index contributed by atoms with van der Waals surface area (Å²) < 4.78 is 35.7. The van der Waals surface area contributed by atoms with Gasteiger partial charge in [0.05, 0.1) is 6.54 Å². The van der Waals surface area contributed by atoms with E-state index in [2.05, 4.69) is 10.6 Å². The molecule has 26 heavy (non-hydrogen) atoms. The second-order valence-electron chi connectivity index (χ2n) is 5.58. The molecular weight excluding hydrogens is 376 g/mol. The van der Waals surface area contributed by atoms with E-state index in [1.807, 2.05) is 0 Å². The zero-order valence-electron chi connectivity index (χ0n) is 14.0. The minimum atomic E-state index is -4.77. The number of carboxylic acids is 1. The molecule has 0 spiro atoms. The summed E-state index contributed by atoms with van der Waals surface area (Å²) in [5.41, 5.74) is 3.28. The number of carbonyl (C=O) groups excluding carboxylic acids is 3. The molecule has 0 aromatic carbocycles. The van der Waals surface area contributed by atoms with Gasteiger partial charge in [-0.2, -0.15) is 8.42 Å². The second-order valence-corrected chi connectivity index (χ2v) is 6.92. The van der Waals surface area contributed by atoms with Gasteiger partial charge in [0.1, 0.15) is 12.1 Å². The van der Waals surface area contributed by atoms with Gasteiger partial charge < -0.3 is 26.2 Å². The molecule has 1 fully saturated rings. The van der Waals surface area contributed by atoms with E-state index in [4.69, 9.17) is 20.1 Å². The molecule has 148 valence electrons. The van der Waals surface area contributed by atoms with Crippen molar-refractivity contribution in [3.05, 3.63) is 0 Å². The number of nitrogens with zero attached hydrogens (tertiary/aromatic N) is 1. The number of ether oxygens (including phenoxy) is 1. The average Bonchev–Trinajstić information content (AvgIpc) is 2.53.